The fourth-order valence-electron chi connectivity index (χ4n) is 2.11. The molecule has 0 aliphatic heterocycles. The van der Waals surface area contributed by atoms with E-state index < -0.39 is 35.1 Å². The first-order valence-corrected chi connectivity index (χ1v) is 8.03. The summed E-state index contributed by atoms with van der Waals surface area (Å²) in [5, 5.41) is 12.2. The van der Waals surface area contributed by atoms with Gasteiger partial charge in [0.25, 0.3) is 0 Å². The Morgan fingerprint density at radius 2 is 1.81 bits per heavy atom. The Morgan fingerprint density at radius 3 is 2.33 bits per heavy atom. The van der Waals surface area contributed by atoms with Crippen LogP contribution in [0.2, 0.25) is 0 Å². The summed E-state index contributed by atoms with van der Waals surface area (Å²) < 4.78 is 79.1. The molecule has 11 heteroatoms. The summed E-state index contributed by atoms with van der Waals surface area (Å²) in [5.74, 6) is -1.43. The van der Waals surface area contributed by atoms with Crippen LogP contribution >= 0.6 is 11.8 Å². The Kier molecular flexibility index (Phi) is 5.64. The van der Waals surface area contributed by atoms with Crippen molar-refractivity contribution in [3.63, 3.8) is 0 Å². The summed E-state index contributed by atoms with van der Waals surface area (Å²) in [5.41, 5.74) is -3.17. The Balaban J connectivity index is 2.59. The fraction of sp³-hybridized carbons (Fsp3) is 0.250. The molecule has 0 atom stereocenters. The van der Waals surface area contributed by atoms with Crippen LogP contribution in [0.4, 0.5) is 26.3 Å². The van der Waals surface area contributed by atoms with Crippen molar-refractivity contribution < 1.29 is 36.2 Å². The number of alkyl halides is 6. The summed E-state index contributed by atoms with van der Waals surface area (Å²) in [6.45, 7) is 1.11. The molecule has 0 fully saturated rings. The molecule has 0 unspecified atom stereocenters. The van der Waals surface area contributed by atoms with Crippen molar-refractivity contribution in [3.8, 4) is 0 Å². The number of rotatable bonds is 4. The van der Waals surface area contributed by atoms with Crippen molar-refractivity contribution in [2.45, 2.75) is 29.2 Å². The molecule has 0 saturated carbocycles. The second-order valence-electron chi connectivity index (χ2n) is 5.45. The minimum Gasteiger partial charge on any atom is -0.478 e. The lowest BCUT2D eigenvalue weighted by molar-refractivity contribution is -0.141. The van der Waals surface area contributed by atoms with Crippen molar-refractivity contribution in [1.82, 2.24) is 9.78 Å². The van der Waals surface area contributed by atoms with Crippen molar-refractivity contribution in [2.75, 3.05) is 0 Å². The summed E-state index contributed by atoms with van der Waals surface area (Å²) >= 11 is 0.625. The molecule has 0 amide bonds. The van der Waals surface area contributed by atoms with Gasteiger partial charge < -0.3 is 5.11 Å². The van der Waals surface area contributed by atoms with Crippen molar-refractivity contribution in [1.29, 1.82) is 0 Å². The molecule has 0 bridgehead atoms. The number of halogens is 6. The average molecular weight is 410 g/mol. The summed E-state index contributed by atoms with van der Waals surface area (Å²) in [4.78, 5) is 11.0. The highest BCUT2D eigenvalue weighted by atomic mass is 32.2. The lowest BCUT2D eigenvalue weighted by Crippen LogP contribution is -2.08. The van der Waals surface area contributed by atoms with E-state index in [9.17, 15) is 31.1 Å². The number of benzene rings is 1. The van der Waals surface area contributed by atoms with Crippen LogP contribution in [0.25, 0.3) is 6.08 Å². The number of nitrogens with zero attached hydrogens (tertiary/aromatic N) is 2. The van der Waals surface area contributed by atoms with Gasteiger partial charge in [-0.05, 0) is 31.2 Å². The van der Waals surface area contributed by atoms with E-state index in [2.05, 4.69) is 5.10 Å². The smallest absolute Gasteiger partial charge is 0.435 e. The maximum Gasteiger partial charge on any atom is 0.435 e. The highest BCUT2D eigenvalue weighted by Gasteiger charge is 2.39. The lowest BCUT2D eigenvalue weighted by Gasteiger charge is -2.09. The predicted octanol–water partition coefficient (Wildman–Crippen LogP) is 5.10. The number of carbonyl (C=O) groups is 1. The number of carboxylic acids is 1. The fourth-order valence-corrected chi connectivity index (χ4v) is 3.11. The molecule has 146 valence electrons. The van der Waals surface area contributed by atoms with E-state index in [0.29, 0.717) is 11.8 Å². The van der Waals surface area contributed by atoms with Crippen LogP contribution in [-0.4, -0.2) is 20.9 Å². The van der Waals surface area contributed by atoms with E-state index >= 15 is 0 Å². The van der Waals surface area contributed by atoms with Gasteiger partial charge in [-0.3, -0.25) is 4.68 Å². The molecule has 1 heterocycles. The summed E-state index contributed by atoms with van der Waals surface area (Å²) in [7, 11) is 1.19. The molecule has 2 aromatic rings. The molecule has 1 N–H and O–H groups in total. The molecular formula is C16H12F6N2O2S. The second-order valence-corrected chi connectivity index (χ2v) is 6.51. The van der Waals surface area contributed by atoms with Gasteiger partial charge in [0.2, 0.25) is 0 Å². The second kappa shape index (κ2) is 7.29. The van der Waals surface area contributed by atoms with E-state index in [0.717, 1.165) is 35.9 Å². The van der Waals surface area contributed by atoms with Crippen molar-refractivity contribution >= 4 is 23.8 Å². The minimum absolute atomic E-state index is 0.0316. The van der Waals surface area contributed by atoms with Gasteiger partial charge in [0, 0.05) is 23.1 Å². The number of hydrogen-bond acceptors (Lipinski definition) is 3. The normalized spacial score (nSPS) is 13.1. The van der Waals surface area contributed by atoms with Gasteiger partial charge in [-0.15, -0.1) is 0 Å². The quantitative estimate of drug-likeness (QED) is 0.563. The molecule has 4 nitrogen and oxygen atoms in total. The number of aromatic nitrogens is 2. The van der Waals surface area contributed by atoms with Crippen LogP contribution < -0.4 is 0 Å². The maximum absolute atomic E-state index is 13.2. The third kappa shape index (κ3) is 4.85. The molecule has 0 aliphatic rings. The minimum atomic E-state index is -4.87. The highest BCUT2D eigenvalue weighted by molar-refractivity contribution is 7.99. The molecule has 1 aromatic heterocycles. The van der Waals surface area contributed by atoms with E-state index in [-0.39, 0.29) is 15.5 Å². The first-order valence-electron chi connectivity index (χ1n) is 7.21. The molecule has 0 saturated heterocycles. The van der Waals surface area contributed by atoms with Gasteiger partial charge in [-0.1, -0.05) is 17.8 Å². The van der Waals surface area contributed by atoms with Crippen LogP contribution in [0, 0.1) is 0 Å². The standard InChI is InChI=1S/C16H12F6N2O2S/c1-8(14(25)26)6-11-12(16(20,21)22)23-24(2)13(11)27-10-5-3-4-9(7-10)15(17,18)19/h3-7H,1-2H3,(H,25,26)/b8-6+. The van der Waals surface area contributed by atoms with E-state index in [4.69, 9.17) is 5.11 Å². The first-order chi connectivity index (χ1) is 12.3. The zero-order valence-electron chi connectivity index (χ0n) is 13.8. The Morgan fingerprint density at radius 1 is 1.19 bits per heavy atom. The molecule has 0 spiro atoms. The van der Waals surface area contributed by atoms with E-state index in [1.165, 1.54) is 13.1 Å². The number of aryl methyl sites for hydroxylation is 1. The molecule has 2 rings (SSSR count). The molecule has 27 heavy (non-hydrogen) atoms. The molecule has 1 aromatic carbocycles. The van der Waals surface area contributed by atoms with Crippen LogP contribution in [0.3, 0.4) is 0 Å². The van der Waals surface area contributed by atoms with Crippen LogP contribution in [0.15, 0.2) is 39.8 Å². The van der Waals surface area contributed by atoms with Crippen LogP contribution in [0.5, 0.6) is 0 Å². The maximum atomic E-state index is 13.2. The topological polar surface area (TPSA) is 55.1 Å². The van der Waals surface area contributed by atoms with E-state index in [1.807, 2.05) is 0 Å². The van der Waals surface area contributed by atoms with Gasteiger partial charge in [-0.2, -0.15) is 31.4 Å². The largest absolute Gasteiger partial charge is 0.478 e. The summed E-state index contributed by atoms with van der Waals surface area (Å²) in [6, 6.07) is 4.06. The molecular weight excluding hydrogens is 398 g/mol. The van der Waals surface area contributed by atoms with E-state index in [1.54, 1.807) is 0 Å². The Hall–Kier alpha value is -2.43. The number of hydrogen-bond donors (Lipinski definition) is 1. The predicted molar refractivity (Wildman–Crippen MR) is 85.1 cm³/mol. The SMILES string of the molecule is C/C(=C\c1c(C(F)(F)F)nn(C)c1Sc1cccc(C(F)(F)F)c1)C(=O)O. The third-order valence-electron chi connectivity index (χ3n) is 3.37. The lowest BCUT2D eigenvalue weighted by atomic mass is 10.1. The number of aliphatic carboxylic acids is 1. The first kappa shape index (κ1) is 20.9. The zero-order chi connectivity index (χ0) is 20.6. The van der Waals surface area contributed by atoms with Gasteiger partial charge in [0.15, 0.2) is 5.69 Å². The van der Waals surface area contributed by atoms with Crippen LogP contribution in [-0.2, 0) is 24.2 Å². The molecule has 0 aliphatic carbocycles. The van der Waals surface area contributed by atoms with Crippen molar-refractivity contribution in [2.24, 2.45) is 7.05 Å². The van der Waals surface area contributed by atoms with Crippen LogP contribution in [0.1, 0.15) is 23.7 Å². The van der Waals surface area contributed by atoms with Crippen molar-refractivity contribution in [3.05, 3.63) is 46.7 Å². The Bertz CT molecular complexity index is 899. The van der Waals surface area contributed by atoms with Gasteiger partial charge in [0.05, 0.1) is 5.56 Å². The highest BCUT2D eigenvalue weighted by Crippen LogP contribution is 2.40. The van der Waals surface area contributed by atoms with Gasteiger partial charge in [0.1, 0.15) is 5.03 Å². The van der Waals surface area contributed by atoms with Gasteiger partial charge in [-0.25, -0.2) is 4.79 Å². The van der Waals surface area contributed by atoms with Gasteiger partial charge >= 0.3 is 18.3 Å². The average Bonchev–Trinajstić information content (AvgIpc) is 2.83. The zero-order valence-corrected chi connectivity index (χ0v) is 14.6. The summed E-state index contributed by atoms with van der Waals surface area (Å²) in [6.07, 6.45) is -8.67. The number of carboxylic acid groups (broad SMARTS) is 1. The Labute approximate surface area is 153 Å². The molecule has 0 radical (unpaired) electrons. The monoisotopic (exact) mass is 410 g/mol. The third-order valence-corrected chi connectivity index (χ3v) is 4.54.